The van der Waals surface area contributed by atoms with Crippen molar-refractivity contribution in [2.24, 2.45) is 4.99 Å². The van der Waals surface area contributed by atoms with Crippen molar-refractivity contribution in [3.63, 3.8) is 0 Å². The molecule has 42 heavy (non-hydrogen) atoms. The predicted octanol–water partition coefficient (Wildman–Crippen LogP) is 6.54. The highest BCUT2D eigenvalue weighted by Crippen LogP contribution is 2.38. The summed E-state index contributed by atoms with van der Waals surface area (Å²) in [6.07, 6.45) is 10.4. The minimum atomic E-state index is -1.42. The Morgan fingerprint density at radius 3 is 2.26 bits per heavy atom. The number of ketones is 1. The van der Waals surface area contributed by atoms with Gasteiger partial charge in [-0.15, -0.1) is 0 Å². The highest BCUT2D eigenvalue weighted by atomic mass is 16.2. The molecule has 1 aliphatic heterocycles. The summed E-state index contributed by atoms with van der Waals surface area (Å²) in [5.74, 6) is -0.131. The van der Waals surface area contributed by atoms with Crippen molar-refractivity contribution in [2.45, 2.75) is 102 Å². The third kappa shape index (κ3) is 7.15. The number of hydrogen-bond donors (Lipinski definition) is 3. The van der Waals surface area contributed by atoms with Gasteiger partial charge in [-0.05, 0) is 54.9 Å². The number of nitrogens with one attached hydrogen (secondary N) is 3. The van der Waals surface area contributed by atoms with Gasteiger partial charge in [-0.3, -0.25) is 19.6 Å². The second kappa shape index (κ2) is 13.4. The Morgan fingerprint density at radius 1 is 0.976 bits per heavy atom. The Kier molecular flexibility index (Phi) is 9.97. The first-order chi connectivity index (χ1) is 20.0. The second-order valence-corrected chi connectivity index (χ2v) is 12.5. The van der Waals surface area contributed by atoms with E-state index in [-0.39, 0.29) is 47.5 Å². The summed E-state index contributed by atoms with van der Waals surface area (Å²) in [6.45, 7) is 10.4. The number of amides is 3. The third-order valence-corrected chi connectivity index (χ3v) is 8.59. The lowest BCUT2D eigenvalue weighted by molar-refractivity contribution is -0.126. The summed E-state index contributed by atoms with van der Waals surface area (Å²) in [5, 5.41) is 9.17. The van der Waals surface area contributed by atoms with Gasteiger partial charge in [0.15, 0.2) is 5.78 Å². The maximum Gasteiger partial charge on any atom is 0.320 e. The highest BCUT2D eigenvalue weighted by molar-refractivity contribution is 6.41. The average Bonchev–Trinajstić information content (AvgIpc) is 2.97. The third-order valence-electron chi connectivity index (χ3n) is 8.59. The Labute approximate surface area is 249 Å². The average molecular weight is 572 g/mol. The molecule has 1 saturated carbocycles. The smallest absolute Gasteiger partial charge is 0.320 e. The summed E-state index contributed by atoms with van der Waals surface area (Å²) in [4.78, 5) is 49.3. The lowest BCUT2D eigenvalue weighted by atomic mass is 9.71. The normalized spacial score (nSPS) is 17.9. The Hall–Kier alpha value is -3.81. The number of urea groups is 1. The van der Waals surface area contributed by atoms with Crippen LogP contribution in [0.15, 0.2) is 59.9 Å². The van der Waals surface area contributed by atoms with Crippen LogP contribution in [0.3, 0.4) is 0 Å². The zero-order chi connectivity index (χ0) is 30.3. The summed E-state index contributed by atoms with van der Waals surface area (Å²) < 4.78 is 0. The molecule has 8 heteroatoms. The van der Waals surface area contributed by atoms with Crippen LogP contribution in [0.2, 0.25) is 0 Å². The molecule has 0 saturated heterocycles. The van der Waals surface area contributed by atoms with Gasteiger partial charge in [0.25, 0.3) is 0 Å². The van der Waals surface area contributed by atoms with E-state index in [0.717, 1.165) is 54.6 Å². The van der Waals surface area contributed by atoms with E-state index in [1.54, 1.807) is 25.4 Å². The SMILES string of the molecule is CC(C)c1cccc(C(C)C)c1NC(=O)NC(C)(CC1=NC=CCC1=O)C(=O)NCC1(c2ccccn2)CCCCC1. The van der Waals surface area contributed by atoms with Crippen LogP contribution < -0.4 is 16.0 Å². The van der Waals surface area contributed by atoms with Gasteiger partial charge in [-0.2, -0.15) is 0 Å². The number of carbonyl (C=O) groups excluding carboxylic acids is 3. The summed E-state index contributed by atoms with van der Waals surface area (Å²) in [5.41, 5.74) is 2.35. The summed E-state index contributed by atoms with van der Waals surface area (Å²) in [7, 11) is 0. The van der Waals surface area contributed by atoms with Crippen LogP contribution in [0, 0.1) is 0 Å². The topological polar surface area (TPSA) is 113 Å². The van der Waals surface area contributed by atoms with E-state index in [4.69, 9.17) is 0 Å². The quantitative estimate of drug-likeness (QED) is 0.300. The maximum absolute atomic E-state index is 14.0. The molecule has 1 fully saturated rings. The van der Waals surface area contributed by atoms with Crippen LogP contribution in [0.25, 0.3) is 0 Å². The van der Waals surface area contributed by atoms with Gasteiger partial charge >= 0.3 is 6.03 Å². The van der Waals surface area contributed by atoms with Crippen molar-refractivity contribution >= 4 is 29.1 Å². The Morgan fingerprint density at radius 2 is 1.67 bits per heavy atom. The predicted molar refractivity (Wildman–Crippen MR) is 168 cm³/mol. The number of benzene rings is 1. The van der Waals surface area contributed by atoms with Crippen molar-refractivity contribution < 1.29 is 14.4 Å². The molecule has 0 spiro atoms. The molecule has 224 valence electrons. The molecular formula is C34H45N5O3. The van der Waals surface area contributed by atoms with E-state index in [1.807, 2.05) is 36.4 Å². The van der Waals surface area contributed by atoms with E-state index < -0.39 is 11.6 Å². The van der Waals surface area contributed by atoms with Crippen LogP contribution in [0.4, 0.5) is 10.5 Å². The van der Waals surface area contributed by atoms with Crippen molar-refractivity contribution in [3.8, 4) is 0 Å². The number of allylic oxidation sites excluding steroid dienone is 1. The van der Waals surface area contributed by atoms with Gasteiger partial charge in [0.05, 0.1) is 5.71 Å². The second-order valence-electron chi connectivity index (χ2n) is 12.5. The zero-order valence-corrected chi connectivity index (χ0v) is 25.6. The number of para-hydroxylation sites is 1. The summed E-state index contributed by atoms with van der Waals surface area (Å²) >= 11 is 0. The Bertz CT molecular complexity index is 1320. The summed E-state index contributed by atoms with van der Waals surface area (Å²) in [6, 6.07) is 11.5. The Balaban J connectivity index is 1.61. The number of Topliss-reactive ketones (excluding diaryl/α,β-unsaturated/α-hetero) is 1. The molecule has 2 heterocycles. The van der Waals surface area contributed by atoms with Crippen LogP contribution in [0.5, 0.6) is 0 Å². The molecule has 1 unspecified atom stereocenters. The lowest BCUT2D eigenvalue weighted by Gasteiger charge is -2.38. The van der Waals surface area contributed by atoms with E-state index >= 15 is 0 Å². The molecular weight excluding hydrogens is 526 g/mol. The molecule has 1 atom stereocenters. The van der Waals surface area contributed by atoms with Crippen LogP contribution in [-0.2, 0) is 15.0 Å². The molecule has 1 aromatic heterocycles. The fourth-order valence-corrected chi connectivity index (χ4v) is 6.12. The molecule has 1 aliphatic carbocycles. The first-order valence-electron chi connectivity index (χ1n) is 15.2. The number of rotatable bonds is 10. The molecule has 2 aliphatic rings. The maximum atomic E-state index is 14.0. The van der Waals surface area contributed by atoms with Gasteiger partial charge in [-0.25, -0.2) is 4.79 Å². The molecule has 3 amide bonds. The molecule has 8 nitrogen and oxygen atoms in total. The minimum absolute atomic E-state index is 0.0190. The number of aromatic nitrogens is 1. The molecule has 0 radical (unpaired) electrons. The van der Waals surface area contributed by atoms with Crippen LogP contribution in [0.1, 0.15) is 108 Å². The number of carbonyl (C=O) groups is 3. The van der Waals surface area contributed by atoms with Gasteiger partial charge < -0.3 is 16.0 Å². The number of nitrogens with zero attached hydrogens (tertiary/aromatic N) is 2. The molecule has 4 rings (SSSR count). The van der Waals surface area contributed by atoms with Crippen molar-refractivity contribution in [2.75, 3.05) is 11.9 Å². The number of pyridine rings is 1. The first kappa shape index (κ1) is 31.1. The standard InChI is InChI=1S/C34H45N5O3/c1-23(2)25-13-11-14-26(24(3)4)30(25)38-32(42)39-33(5,21-27-28(40)15-12-20-35-27)31(41)37-22-34(17-8-6-9-18-34)29-16-7-10-19-36-29/h7,10-14,16,19-20,23-24H,6,8-9,15,17-18,21-22H2,1-5H3,(H,37,41)(H2,38,39,42). The molecule has 1 aromatic carbocycles. The molecule has 3 N–H and O–H groups in total. The highest BCUT2D eigenvalue weighted by Gasteiger charge is 2.41. The van der Waals surface area contributed by atoms with E-state index in [1.165, 1.54) is 0 Å². The molecule has 2 aromatic rings. The van der Waals surface area contributed by atoms with E-state index in [0.29, 0.717) is 6.54 Å². The van der Waals surface area contributed by atoms with Crippen LogP contribution >= 0.6 is 0 Å². The first-order valence-corrected chi connectivity index (χ1v) is 15.2. The van der Waals surface area contributed by atoms with Crippen molar-refractivity contribution in [1.29, 1.82) is 0 Å². The minimum Gasteiger partial charge on any atom is -0.353 e. The monoisotopic (exact) mass is 571 g/mol. The molecule has 0 bridgehead atoms. The van der Waals surface area contributed by atoms with E-state index in [9.17, 15) is 14.4 Å². The largest absolute Gasteiger partial charge is 0.353 e. The van der Waals surface area contributed by atoms with Gasteiger partial charge in [0.1, 0.15) is 5.54 Å². The van der Waals surface area contributed by atoms with Gasteiger partial charge in [-0.1, -0.05) is 77.3 Å². The van der Waals surface area contributed by atoms with Crippen LogP contribution in [-0.4, -0.2) is 40.5 Å². The number of anilines is 1. The van der Waals surface area contributed by atoms with Crippen molar-refractivity contribution in [1.82, 2.24) is 15.6 Å². The number of hydrogen-bond acceptors (Lipinski definition) is 5. The fourth-order valence-electron chi connectivity index (χ4n) is 6.12. The lowest BCUT2D eigenvalue weighted by Crippen LogP contribution is -2.60. The van der Waals surface area contributed by atoms with E-state index in [2.05, 4.69) is 53.6 Å². The van der Waals surface area contributed by atoms with Crippen molar-refractivity contribution in [3.05, 3.63) is 71.7 Å². The zero-order valence-electron chi connectivity index (χ0n) is 25.6. The fraction of sp³-hybridized carbons (Fsp3) is 0.500. The number of aliphatic imine (C=N–C) groups is 1. The van der Waals surface area contributed by atoms with Gasteiger partial charge in [0.2, 0.25) is 5.91 Å². The van der Waals surface area contributed by atoms with Gasteiger partial charge in [0, 0.05) is 48.6 Å².